The van der Waals surface area contributed by atoms with Crippen molar-refractivity contribution < 1.29 is 4.74 Å². The number of hydrogen-bond acceptors (Lipinski definition) is 2. The highest BCUT2D eigenvalue weighted by Gasteiger charge is 2.32. The molecule has 70 valence electrons. The molecule has 2 aliphatic carbocycles. The molecule has 0 radical (unpaired) electrons. The van der Waals surface area contributed by atoms with Gasteiger partial charge in [-0.1, -0.05) is 0 Å². The zero-order chi connectivity index (χ0) is 8.39. The van der Waals surface area contributed by atoms with E-state index >= 15 is 0 Å². The number of nitrogens with one attached hydrogen (secondary N) is 1. The lowest BCUT2D eigenvalue weighted by atomic mass is 10.1. The van der Waals surface area contributed by atoms with Crippen LogP contribution in [0.25, 0.3) is 0 Å². The van der Waals surface area contributed by atoms with Crippen molar-refractivity contribution >= 4 is 0 Å². The van der Waals surface area contributed by atoms with E-state index < -0.39 is 0 Å². The quantitative estimate of drug-likeness (QED) is 0.649. The third-order valence-electron chi connectivity index (χ3n) is 2.92. The standard InChI is InChI=1S/C10H19NO/c1-12-7-9(8-2-3-8)6-11-10-4-5-10/h8-11H,2-7H2,1H3. The first-order chi connectivity index (χ1) is 5.90. The Morgan fingerprint density at radius 2 is 2.08 bits per heavy atom. The van der Waals surface area contributed by atoms with Gasteiger partial charge >= 0.3 is 0 Å². The second kappa shape index (κ2) is 3.75. The molecule has 0 amide bonds. The van der Waals surface area contributed by atoms with Crippen molar-refractivity contribution in [1.29, 1.82) is 0 Å². The molecule has 1 atom stereocenters. The second-order valence-electron chi connectivity index (χ2n) is 4.24. The third kappa shape index (κ3) is 2.46. The van der Waals surface area contributed by atoms with Gasteiger partial charge in [0.1, 0.15) is 0 Å². The van der Waals surface area contributed by atoms with E-state index in [-0.39, 0.29) is 0 Å². The van der Waals surface area contributed by atoms with Crippen LogP contribution in [0.3, 0.4) is 0 Å². The Morgan fingerprint density at radius 3 is 2.58 bits per heavy atom. The topological polar surface area (TPSA) is 21.3 Å². The Hall–Kier alpha value is -0.0800. The van der Waals surface area contributed by atoms with Crippen LogP contribution < -0.4 is 5.32 Å². The lowest BCUT2D eigenvalue weighted by Crippen LogP contribution is -2.28. The molecule has 12 heavy (non-hydrogen) atoms. The molecule has 0 aromatic carbocycles. The van der Waals surface area contributed by atoms with Crippen LogP contribution in [0.15, 0.2) is 0 Å². The van der Waals surface area contributed by atoms with Gasteiger partial charge in [-0.2, -0.15) is 0 Å². The van der Waals surface area contributed by atoms with Crippen molar-refractivity contribution in [2.24, 2.45) is 11.8 Å². The van der Waals surface area contributed by atoms with Gasteiger partial charge in [0.05, 0.1) is 6.61 Å². The van der Waals surface area contributed by atoms with Gasteiger partial charge in [0, 0.05) is 19.7 Å². The lowest BCUT2D eigenvalue weighted by molar-refractivity contribution is 0.140. The molecule has 2 heteroatoms. The molecular weight excluding hydrogens is 150 g/mol. The minimum atomic E-state index is 0.788. The van der Waals surface area contributed by atoms with Gasteiger partial charge in [0.2, 0.25) is 0 Å². The molecule has 2 rings (SSSR count). The highest BCUT2D eigenvalue weighted by Crippen LogP contribution is 2.37. The predicted octanol–water partition coefficient (Wildman–Crippen LogP) is 1.41. The molecule has 1 N–H and O–H groups in total. The fourth-order valence-corrected chi connectivity index (χ4v) is 1.75. The van der Waals surface area contributed by atoms with E-state index in [0.717, 1.165) is 24.5 Å². The molecule has 0 aromatic rings. The molecule has 2 nitrogen and oxygen atoms in total. The first-order valence-electron chi connectivity index (χ1n) is 5.12. The van der Waals surface area contributed by atoms with Crippen molar-refractivity contribution in [1.82, 2.24) is 5.32 Å². The molecule has 0 spiro atoms. The summed E-state index contributed by atoms with van der Waals surface area (Å²) in [6.07, 6.45) is 5.65. The molecule has 0 aromatic heterocycles. The Balaban J connectivity index is 1.64. The van der Waals surface area contributed by atoms with Crippen LogP contribution in [0.1, 0.15) is 25.7 Å². The molecule has 0 heterocycles. The normalized spacial score (nSPS) is 25.8. The summed E-state index contributed by atoms with van der Waals surface area (Å²) in [5, 5.41) is 3.58. The fraction of sp³-hybridized carbons (Fsp3) is 1.00. The van der Waals surface area contributed by atoms with Crippen LogP contribution >= 0.6 is 0 Å². The predicted molar refractivity (Wildman–Crippen MR) is 49.1 cm³/mol. The molecule has 0 aliphatic heterocycles. The van der Waals surface area contributed by atoms with Crippen LogP contribution in [0.2, 0.25) is 0 Å². The van der Waals surface area contributed by atoms with Crippen molar-refractivity contribution in [2.45, 2.75) is 31.7 Å². The minimum absolute atomic E-state index is 0.788. The summed E-state index contributed by atoms with van der Waals surface area (Å²) in [5.74, 6) is 1.76. The third-order valence-corrected chi connectivity index (χ3v) is 2.92. The van der Waals surface area contributed by atoms with Crippen LogP contribution in [-0.2, 0) is 4.74 Å². The van der Waals surface area contributed by atoms with Gasteiger partial charge in [-0.25, -0.2) is 0 Å². The molecule has 2 aliphatic rings. The molecular formula is C10H19NO. The highest BCUT2D eigenvalue weighted by molar-refractivity contribution is 4.86. The second-order valence-corrected chi connectivity index (χ2v) is 4.24. The van der Waals surface area contributed by atoms with Gasteiger partial charge in [-0.15, -0.1) is 0 Å². The van der Waals surface area contributed by atoms with Crippen molar-refractivity contribution in [3.63, 3.8) is 0 Å². The molecule has 0 saturated heterocycles. The Bertz CT molecular complexity index is 141. The van der Waals surface area contributed by atoms with Crippen LogP contribution in [0, 0.1) is 11.8 Å². The fourth-order valence-electron chi connectivity index (χ4n) is 1.75. The van der Waals surface area contributed by atoms with E-state index in [1.165, 1.54) is 32.2 Å². The van der Waals surface area contributed by atoms with E-state index in [1.807, 2.05) is 7.11 Å². The van der Waals surface area contributed by atoms with Crippen molar-refractivity contribution in [3.8, 4) is 0 Å². The first-order valence-corrected chi connectivity index (χ1v) is 5.12. The molecule has 1 unspecified atom stereocenters. The first kappa shape index (κ1) is 8.52. The lowest BCUT2D eigenvalue weighted by Gasteiger charge is -2.15. The summed E-state index contributed by atoms with van der Waals surface area (Å²) in [7, 11) is 1.81. The molecule has 0 bridgehead atoms. The van der Waals surface area contributed by atoms with E-state index in [9.17, 15) is 0 Å². The zero-order valence-electron chi connectivity index (χ0n) is 7.88. The van der Waals surface area contributed by atoms with Crippen LogP contribution in [0.5, 0.6) is 0 Å². The van der Waals surface area contributed by atoms with Crippen molar-refractivity contribution in [3.05, 3.63) is 0 Å². The summed E-state index contributed by atoms with van der Waals surface area (Å²) in [5.41, 5.74) is 0. The SMILES string of the molecule is COCC(CNC1CC1)C1CC1. The largest absolute Gasteiger partial charge is 0.384 e. The number of hydrogen-bond donors (Lipinski definition) is 1. The smallest absolute Gasteiger partial charge is 0.0505 e. The average molecular weight is 169 g/mol. The van der Waals surface area contributed by atoms with Gasteiger partial charge < -0.3 is 10.1 Å². The maximum Gasteiger partial charge on any atom is 0.0505 e. The Labute approximate surface area is 74.7 Å². The highest BCUT2D eigenvalue weighted by atomic mass is 16.5. The van der Waals surface area contributed by atoms with Gasteiger partial charge in [0.25, 0.3) is 0 Å². The maximum absolute atomic E-state index is 5.22. The van der Waals surface area contributed by atoms with E-state index in [0.29, 0.717) is 0 Å². The summed E-state index contributed by atoms with van der Waals surface area (Å²) in [6.45, 7) is 2.13. The Kier molecular flexibility index (Phi) is 2.66. The maximum atomic E-state index is 5.22. The summed E-state index contributed by atoms with van der Waals surface area (Å²) >= 11 is 0. The van der Waals surface area contributed by atoms with Gasteiger partial charge in [0.15, 0.2) is 0 Å². The van der Waals surface area contributed by atoms with E-state index in [1.54, 1.807) is 0 Å². The average Bonchev–Trinajstić information content (AvgIpc) is 2.86. The summed E-state index contributed by atoms with van der Waals surface area (Å²) < 4.78 is 5.22. The van der Waals surface area contributed by atoms with Crippen LogP contribution in [0.4, 0.5) is 0 Å². The molecule has 2 fully saturated rings. The number of ether oxygens (including phenoxy) is 1. The number of rotatable bonds is 6. The summed E-state index contributed by atoms with van der Waals surface area (Å²) in [4.78, 5) is 0. The van der Waals surface area contributed by atoms with E-state index in [2.05, 4.69) is 5.32 Å². The Morgan fingerprint density at radius 1 is 1.33 bits per heavy atom. The van der Waals surface area contributed by atoms with Crippen molar-refractivity contribution in [2.75, 3.05) is 20.3 Å². The van der Waals surface area contributed by atoms with Gasteiger partial charge in [-0.05, 0) is 37.5 Å². The molecule has 2 saturated carbocycles. The monoisotopic (exact) mass is 169 g/mol. The summed E-state index contributed by atoms with van der Waals surface area (Å²) in [6, 6.07) is 0.850. The minimum Gasteiger partial charge on any atom is -0.384 e. The number of methoxy groups -OCH3 is 1. The van der Waals surface area contributed by atoms with Crippen LogP contribution in [-0.4, -0.2) is 26.3 Å². The zero-order valence-corrected chi connectivity index (χ0v) is 7.88. The van der Waals surface area contributed by atoms with Gasteiger partial charge in [-0.3, -0.25) is 0 Å². The van der Waals surface area contributed by atoms with E-state index in [4.69, 9.17) is 4.74 Å².